The van der Waals surface area contributed by atoms with Gasteiger partial charge in [-0.3, -0.25) is 9.69 Å². The Bertz CT molecular complexity index is 422. The van der Waals surface area contributed by atoms with E-state index in [0.717, 1.165) is 31.5 Å². The quantitative estimate of drug-likeness (QED) is 0.819. The van der Waals surface area contributed by atoms with Crippen molar-refractivity contribution in [2.45, 2.75) is 6.54 Å². The lowest BCUT2D eigenvalue weighted by molar-refractivity contribution is 0.103. The molecule has 0 saturated carbocycles. The monoisotopic (exact) mass is 248 g/mol. The minimum atomic E-state index is -0.843. The molecule has 0 unspecified atom stereocenters. The van der Waals surface area contributed by atoms with Crippen LogP contribution in [0.25, 0.3) is 0 Å². The molecular formula is C13H16N2O3. The van der Waals surface area contributed by atoms with Gasteiger partial charge in [-0.15, -0.1) is 0 Å². The van der Waals surface area contributed by atoms with Crippen molar-refractivity contribution in [3.05, 3.63) is 35.4 Å². The Balaban J connectivity index is 1.87. The van der Waals surface area contributed by atoms with Crippen molar-refractivity contribution in [1.29, 1.82) is 0 Å². The number of nitrogens with zero attached hydrogens (tertiary/aromatic N) is 2. The van der Waals surface area contributed by atoms with Gasteiger partial charge in [0.25, 0.3) is 0 Å². The number of carbonyl (C=O) groups is 2. The fourth-order valence-electron chi connectivity index (χ4n) is 2.06. The average molecular weight is 248 g/mol. The van der Waals surface area contributed by atoms with Crippen molar-refractivity contribution in [2.75, 3.05) is 26.2 Å². The minimum absolute atomic E-state index is 0.557. The topological polar surface area (TPSA) is 60.9 Å². The number of carboxylic acid groups (broad SMARTS) is 1. The summed E-state index contributed by atoms with van der Waals surface area (Å²) in [7, 11) is 0. The minimum Gasteiger partial charge on any atom is -0.465 e. The van der Waals surface area contributed by atoms with E-state index in [1.807, 2.05) is 12.1 Å². The maximum atomic E-state index is 10.8. The first-order valence-corrected chi connectivity index (χ1v) is 5.93. The molecule has 5 nitrogen and oxygen atoms in total. The van der Waals surface area contributed by atoms with Crippen LogP contribution in [0.15, 0.2) is 24.3 Å². The smallest absolute Gasteiger partial charge is 0.407 e. The molecule has 1 N–H and O–H groups in total. The molecule has 2 rings (SSSR count). The van der Waals surface area contributed by atoms with Gasteiger partial charge in [0, 0.05) is 38.3 Å². The second-order valence-electron chi connectivity index (χ2n) is 4.41. The van der Waals surface area contributed by atoms with Crippen molar-refractivity contribution in [2.24, 2.45) is 0 Å². The Morgan fingerprint density at radius 3 is 2.28 bits per heavy atom. The lowest BCUT2D eigenvalue weighted by Gasteiger charge is -2.33. The average Bonchev–Trinajstić information content (AvgIpc) is 2.40. The highest BCUT2D eigenvalue weighted by molar-refractivity contribution is 5.74. The third kappa shape index (κ3) is 3.07. The second kappa shape index (κ2) is 5.64. The summed E-state index contributed by atoms with van der Waals surface area (Å²) >= 11 is 0. The Labute approximate surface area is 106 Å². The summed E-state index contributed by atoms with van der Waals surface area (Å²) in [5, 5.41) is 8.85. The van der Waals surface area contributed by atoms with Gasteiger partial charge in [0.05, 0.1) is 0 Å². The highest BCUT2D eigenvalue weighted by Crippen LogP contribution is 2.09. The fourth-order valence-corrected chi connectivity index (χ4v) is 2.06. The van der Waals surface area contributed by atoms with E-state index in [1.54, 1.807) is 12.1 Å². The van der Waals surface area contributed by atoms with Crippen LogP contribution in [0, 0.1) is 0 Å². The highest BCUT2D eigenvalue weighted by atomic mass is 16.4. The number of benzene rings is 1. The maximum Gasteiger partial charge on any atom is 0.407 e. The molecule has 0 aliphatic carbocycles. The lowest BCUT2D eigenvalue weighted by Crippen LogP contribution is -2.47. The van der Waals surface area contributed by atoms with E-state index in [-0.39, 0.29) is 0 Å². The molecule has 18 heavy (non-hydrogen) atoms. The van der Waals surface area contributed by atoms with Gasteiger partial charge in [-0.25, -0.2) is 4.79 Å². The first kappa shape index (κ1) is 12.6. The van der Waals surface area contributed by atoms with Crippen molar-refractivity contribution >= 4 is 12.4 Å². The van der Waals surface area contributed by atoms with Gasteiger partial charge in [0.2, 0.25) is 0 Å². The highest BCUT2D eigenvalue weighted by Gasteiger charge is 2.19. The number of amides is 1. The molecule has 1 aliphatic heterocycles. The first-order valence-electron chi connectivity index (χ1n) is 5.93. The summed E-state index contributed by atoms with van der Waals surface area (Å²) in [6.45, 7) is 3.42. The number of hydrogen-bond donors (Lipinski definition) is 1. The normalized spacial score (nSPS) is 16.6. The van der Waals surface area contributed by atoms with Gasteiger partial charge >= 0.3 is 6.09 Å². The van der Waals surface area contributed by atoms with Gasteiger partial charge in [0.15, 0.2) is 0 Å². The van der Waals surface area contributed by atoms with E-state index >= 15 is 0 Å². The number of rotatable bonds is 3. The summed E-state index contributed by atoms with van der Waals surface area (Å²) in [5.41, 5.74) is 1.82. The summed E-state index contributed by atoms with van der Waals surface area (Å²) < 4.78 is 0. The van der Waals surface area contributed by atoms with Gasteiger partial charge < -0.3 is 10.0 Å². The molecule has 0 atom stereocenters. The zero-order valence-corrected chi connectivity index (χ0v) is 10.1. The largest absolute Gasteiger partial charge is 0.465 e. The maximum absolute atomic E-state index is 10.8. The summed E-state index contributed by atoms with van der Waals surface area (Å²) in [6, 6.07) is 7.48. The Kier molecular flexibility index (Phi) is 3.94. The number of carbonyl (C=O) groups excluding carboxylic acids is 1. The predicted molar refractivity (Wildman–Crippen MR) is 66.7 cm³/mol. The van der Waals surface area contributed by atoms with Crippen LogP contribution in [0.3, 0.4) is 0 Å². The summed E-state index contributed by atoms with van der Waals surface area (Å²) in [5.74, 6) is 0. The Morgan fingerprint density at radius 1 is 1.17 bits per heavy atom. The standard InChI is InChI=1S/C13H16N2O3/c16-10-12-3-1-11(2-4-12)9-14-5-7-15(8-6-14)13(17)18/h1-4,10H,5-9H2,(H,17,18). The third-order valence-electron chi connectivity index (χ3n) is 3.16. The van der Waals surface area contributed by atoms with Crippen molar-refractivity contribution in [3.8, 4) is 0 Å². The predicted octanol–water partition coefficient (Wildman–Crippen LogP) is 1.29. The molecule has 1 aromatic carbocycles. The molecule has 0 bridgehead atoms. The molecule has 1 fully saturated rings. The van der Waals surface area contributed by atoms with Crippen LogP contribution in [-0.2, 0) is 6.54 Å². The molecule has 0 aromatic heterocycles. The molecule has 1 amide bonds. The van der Waals surface area contributed by atoms with Gasteiger partial charge in [-0.2, -0.15) is 0 Å². The first-order chi connectivity index (χ1) is 8.69. The van der Waals surface area contributed by atoms with Gasteiger partial charge in [-0.05, 0) is 5.56 Å². The van der Waals surface area contributed by atoms with Crippen LogP contribution >= 0.6 is 0 Å². The van der Waals surface area contributed by atoms with Gasteiger partial charge in [0.1, 0.15) is 6.29 Å². The number of piperazine rings is 1. The van der Waals surface area contributed by atoms with Gasteiger partial charge in [-0.1, -0.05) is 24.3 Å². The number of hydrogen-bond acceptors (Lipinski definition) is 3. The molecule has 0 spiro atoms. The van der Waals surface area contributed by atoms with Crippen molar-refractivity contribution < 1.29 is 14.7 Å². The molecule has 96 valence electrons. The van der Waals surface area contributed by atoms with Crippen LogP contribution < -0.4 is 0 Å². The SMILES string of the molecule is O=Cc1ccc(CN2CCN(C(=O)O)CC2)cc1. The molecular weight excluding hydrogens is 232 g/mol. The molecule has 0 radical (unpaired) electrons. The van der Waals surface area contributed by atoms with Crippen LogP contribution in [0.2, 0.25) is 0 Å². The van der Waals surface area contributed by atoms with Crippen molar-refractivity contribution in [1.82, 2.24) is 9.80 Å². The summed E-state index contributed by atoms with van der Waals surface area (Å²) in [6.07, 6.45) is -0.0138. The second-order valence-corrected chi connectivity index (χ2v) is 4.41. The molecule has 5 heteroatoms. The van der Waals surface area contributed by atoms with Crippen LogP contribution in [-0.4, -0.2) is 53.5 Å². The third-order valence-corrected chi connectivity index (χ3v) is 3.16. The van der Waals surface area contributed by atoms with E-state index in [0.29, 0.717) is 18.7 Å². The summed E-state index contributed by atoms with van der Waals surface area (Å²) in [4.78, 5) is 25.0. The molecule has 1 aromatic rings. The zero-order valence-electron chi connectivity index (χ0n) is 10.1. The molecule has 1 heterocycles. The van der Waals surface area contributed by atoms with E-state index in [1.165, 1.54) is 4.90 Å². The number of aldehydes is 1. The van der Waals surface area contributed by atoms with Crippen LogP contribution in [0.1, 0.15) is 15.9 Å². The van der Waals surface area contributed by atoms with E-state index in [2.05, 4.69) is 4.90 Å². The Morgan fingerprint density at radius 2 is 1.78 bits per heavy atom. The van der Waals surface area contributed by atoms with E-state index < -0.39 is 6.09 Å². The van der Waals surface area contributed by atoms with Crippen LogP contribution in [0.5, 0.6) is 0 Å². The Hall–Kier alpha value is -1.88. The zero-order chi connectivity index (χ0) is 13.0. The van der Waals surface area contributed by atoms with Crippen molar-refractivity contribution in [3.63, 3.8) is 0 Å². The molecule has 1 aliphatic rings. The fraction of sp³-hybridized carbons (Fsp3) is 0.385. The molecule has 1 saturated heterocycles. The van der Waals surface area contributed by atoms with Crippen LogP contribution in [0.4, 0.5) is 4.79 Å². The lowest BCUT2D eigenvalue weighted by atomic mass is 10.1. The van der Waals surface area contributed by atoms with E-state index in [9.17, 15) is 9.59 Å². The van der Waals surface area contributed by atoms with E-state index in [4.69, 9.17) is 5.11 Å².